The number of rotatable bonds is 5. The Labute approximate surface area is 313 Å². The lowest BCUT2D eigenvalue weighted by Gasteiger charge is -2.16. The predicted octanol–water partition coefficient (Wildman–Crippen LogP) is 14.0. The first kappa shape index (κ1) is 30.5. The minimum atomic E-state index is 1.17. The van der Waals surface area contributed by atoms with Crippen LogP contribution in [0.5, 0.6) is 0 Å². The molecule has 54 heavy (non-hydrogen) atoms. The monoisotopic (exact) mass is 686 g/mol. The molecule has 0 spiro atoms. The van der Waals surface area contributed by atoms with Crippen LogP contribution >= 0.6 is 0 Å². The van der Waals surface area contributed by atoms with E-state index in [-0.39, 0.29) is 0 Å². The van der Waals surface area contributed by atoms with Crippen LogP contribution in [0.3, 0.4) is 0 Å². The van der Waals surface area contributed by atoms with Gasteiger partial charge in [-0.05, 0) is 93.2 Å². The molecule has 2 nitrogen and oxygen atoms in total. The minimum absolute atomic E-state index is 1.17. The van der Waals surface area contributed by atoms with Crippen molar-refractivity contribution in [1.82, 2.24) is 9.13 Å². The van der Waals surface area contributed by atoms with Crippen molar-refractivity contribution in [2.45, 2.75) is 0 Å². The zero-order valence-electron chi connectivity index (χ0n) is 29.5. The van der Waals surface area contributed by atoms with Crippen molar-refractivity contribution in [2.24, 2.45) is 0 Å². The maximum atomic E-state index is 2.46. The van der Waals surface area contributed by atoms with Gasteiger partial charge in [-0.25, -0.2) is 0 Å². The van der Waals surface area contributed by atoms with Crippen LogP contribution in [-0.4, -0.2) is 9.13 Å². The smallest absolute Gasteiger partial charge is 0.0546 e. The Morgan fingerprint density at radius 1 is 0.259 bits per heavy atom. The van der Waals surface area contributed by atoms with Crippen LogP contribution in [0.4, 0.5) is 0 Å². The molecule has 11 aromatic rings. The fourth-order valence-electron chi connectivity index (χ4n) is 8.55. The second-order valence-corrected chi connectivity index (χ2v) is 14.2. The van der Waals surface area contributed by atoms with Crippen molar-refractivity contribution in [3.8, 4) is 44.8 Å². The second-order valence-electron chi connectivity index (χ2n) is 14.2. The molecular weight excluding hydrogens is 653 g/mol. The lowest BCUT2D eigenvalue weighted by molar-refractivity contribution is 1.18. The van der Waals surface area contributed by atoms with E-state index < -0.39 is 0 Å². The topological polar surface area (TPSA) is 9.86 Å². The summed E-state index contributed by atoms with van der Waals surface area (Å²) in [5, 5.41) is 7.49. The van der Waals surface area contributed by atoms with Gasteiger partial charge in [0.05, 0.1) is 27.8 Å². The first-order valence-corrected chi connectivity index (χ1v) is 18.6. The van der Waals surface area contributed by atoms with Crippen molar-refractivity contribution >= 4 is 54.4 Å². The SMILES string of the molecule is c1ccc(-c2ccc(-c3ccccc3)c(-n3c4ccccc4c4cc(-c5ccc6c(c5)c5ccccc5n6-c5ccc6ccccc6c5)ccc43)c2)cc1. The van der Waals surface area contributed by atoms with Crippen LogP contribution in [0.25, 0.3) is 99.1 Å². The van der Waals surface area contributed by atoms with Gasteiger partial charge >= 0.3 is 0 Å². The molecule has 0 aliphatic rings. The lowest BCUT2D eigenvalue weighted by Crippen LogP contribution is -1.98. The van der Waals surface area contributed by atoms with Gasteiger partial charge in [0.2, 0.25) is 0 Å². The zero-order chi connectivity index (χ0) is 35.6. The third-order valence-corrected chi connectivity index (χ3v) is 11.1. The zero-order valence-corrected chi connectivity index (χ0v) is 29.5. The summed E-state index contributed by atoms with van der Waals surface area (Å²) in [5.41, 5.74) is 14.4. The third-order valence-electron chi connectivity index (χ3n) is 11.1. The van der Waals surface area contributed by atoms with Gasteiger partial charge in [-0.2, -0.15) is 0 Å². The Morgan fingerprint density at radius 2 is 0.759 bits per heavy atom. The van der Waals surface area contributed by atoms with Crippen LogP contribution in [0.15, 0.2) is 206 Å². The molecule has 0 bridgehead atoms. The van der Waals surface area contributed by atoms with Crippen molar-refractivity contribution < 1.29 is 0 Å². The molecule has 0 amide bonds. The molecule has 0 atom stereocenters. The number of benzene rings is 9. The molecule has 2 heterocycles. The molecule has 2 aromatic heterocycles. The Morgan fingerprint density at radius 3 is 1.44 bits per heavy atom. The van der Waals surface area contributed by atoms with Gasteiger partial charge in [0.15, 0.2) is 0 Å². The maximum Gasteiger partial charge on any atom is 0.0546 e. The van der Waals surface area contributed by atoms with Crippen molar-refractivity contribution in [2.75, 3.05) is 0 Å². The summed E-state index contributed by atoms with van der Waals surface area (Å²) in [4.78, 5) is 0. The van der Waals surface area contributed by atoms with E-state index in [1.165, 1.54) is 99.1 Å². The minimum Gasteiger partial charge on any atom is -0.309 e. The summed E-state index contributed by atoms with van der Waals surface area (Å²) >= 11 is 0. The largest absolute Gasteiger partial charge is 0.309 e. The van der Waals surface area contributed by atoms with Crippen molar-refractivity contribution in [3.63, 3.8) is 0 Å². The highest BCUT2D eigenvalue weighted by molar-refractivity contribution is 6.13. The average molecular weight is 687 g/mol. The maximum absolute atomic E-state index is 2.46. The summed E-state index contributed by atoms with van der Waals surface area (Å²) in [6.45, 7) is 0. The van der Waals surface area contributed by atoms with E-state index in [4.69, 9.17) is 0 Å². The third kappa shape index (κ3) is 4.81. The van der Waals surface area contributed by atoms with Gasteiger partial charge in [0, 0.05) is 32.8 Å². The fourth-order valence-corrected chi connectivity index (χ4v) is 8.55. The summed E-state index contributed by atoms with van der Waals surface area (Å²) in [5.74, 6) is 0. The molecule has 0 aliphatic heterocycles. The average Bonchev–Trinajstić information content (AvgIpc) is 3.76. The molecular formula is C52H34N2. The Bertz CT molecular complexity index is 3200. The lowest BCUT2D eigenvalue weighted by atomic mass is 9.98. The number of aromatic nitrogens is 2. The molecule has 0 radical (unpaired) electrons. The highest BCUT2D eigenvalue weighted by atomic mass is 15.0. The summed E-state index contributed by atoms with van der Waals surface area (Å²) in [6, 6.07) is 75.3. The van der Waals surface area contributed by atoms with E-state index in [1.807, 2.05) is 0 Å². The molecule has 0 saturated carbocycles. The highest BCUT2D eigenvalue weighted by Gasteiger charge is 2.19. The van der Waals surface area contributed by atoms with E-state index >= 15 is 0 Å². The van der Waals surface area contributed by atoms with Crippen LogP contribution in [0, 0.1) is 0 Å². The molecule has 2 heteroatoms. The van der Waals surface area contributed by atoms with Crippen LogP contribution in [0.2, 0.25) is 0 Å². The van der Waals surface area contributed by atoms with Gasteiger partial charge in [-0.3, -0.25) is 0 Å². The Kier molecular flexibility index (Phi) is 6.90. The number of hydrogen-bond acceptors (Lipinski definition) is 0. The molecule has 0 unspecified atom stereocenters. The van der Waals surface area contributed by atoms with E-state index in [0.717, 1.165) is 0 Å². The first-order valence-electron chi connectivity index (χ1n) is 18.6. The first-order chi connectivity index (χ1) is 26.8. The van der Waals surface area contributed by atoms with E-state index in [0.29, 0.717) is 0 Å². The van der Waals surface area contributed by atoms with Gasteiger partial charge < -0.3 is 9.13 Å². The summed E-state index contributed by atoms with van der Waals surface area (Å²) in [6.07, 6.45) is 0. The van der Waals surface area contributed by atoms with Gasteiger partial charge in [-0.15, -0.1) is 0 Å². The van der Waals surface area contributed by atoms with E-state index in [9.17, 15) is 0 Å². The fraction of sp³-hybridized carbons (Fsp3) is 0. The normalized spacial score (nSPS) is 11.7. The highest BCUT2D eigenvalue weighted by Crippen LogP contribution is 2.41. The van der Waals surface area contributed by atoms with E-state index in [2.05, 4.69) is 215 Å². The molecule has 0 N–H and O–H groups in total. The number of fused-ring (bicyclic) bond motifs is 7. The van der Waals surface area contributed by atoms with Crippen LogP contribution in [0.1, 0.15) is 0 Å². The van der Waals surface area contributed by atoms with Gasteiger partial charge in [-0.1, -0.05) is 152 Å². The van der Waals surface area contributed by atoms with Crippen molar-refractivity contribution in [3.05, 3.63) is 206 Å². The van der Waals surface area contributed by atoms with E-state index in [1.54, 1.807) is 0 Å². The number of hydrogen-bond donors (Lipinski definition) is 0. The predicted molar refractivity (Wildman–Crippen MR) is 229 cm³/mol. The molecule has 11 rings (SSSR count). The summed E-state index contributed by atoms with van der Waals surface area (Å²) in [7, 11) is 0. The molecule has 0 aliphatic carbocycles. The molecule has 0 saturated heterocycles. The van der Waals surface area contributed by atoms with Crippen molar-refractivity contribution in [1.29, 1.82) is 0 Å². The van der Waals surface area contributed by atoms with Crippen LogP contribution < -0.4 is 0 Å². The molecule has 252 valence electrons. The van der Waals surface area contributed by atoms with Gasteiger partial charge in [0.1, 0.15) is 0 Å². The second kappa shape index (κ2) is 12.2. The standard InChI is InChI=1S/C52H34N2/c1-3-13-35(14-4-1)41-24-28-43(37-16-5-2-6-17-37)52(34-41)54-49-22-12-10-20-45(49)47-33-40(26-30-51(47)54)39-25-29-50-46(32-39)44-19-9-11-21-48(44)53(50)42-27-23-36-15-7-8-18-38(36)31-42/h1-34H. The summed E-state index contributed by atoms with van der Waals surface area (Å²) < 4.78 is 4.87. The Hall–Kier alpha value is -7.16. The van der Waals surface area contributed by atoms with Crippen LogP contribution in [-0.2, 0) is 0 Å². The molecule has 0 fully saturated rings. The van der Waals surface area contributed by atoms with Gasteiger partial charge in [0.25, 0.3) is 0 Å². The Balaban J connectivity index is 1.11. The number of nitrogens with zero attached hydrogens (tertiary/aromatic N) is 2. The number of para-hydroxylation sites is 2. The quantitative estimate of drug-likeness (QED) is 0.171. The molecule has 9 aromatic carbocycles.